The number of carbonyl (C=O) groups excluding carboxylic acids is 2. The Morgan fingerprint density at radius 1 is 0.434 bits per heavy atom. The molecule has 1 amide bonds. The van der Waals surface area contributed by atoms with E-state index in [4.69, 9.17) is 13.8 Å². The van der Waals surface area contributed by atoms with E-state index in [2.05, 4.69) is 86.8 Å². The summed E-state index contributed by atoms with van der Waals surface area (Å²) in [4.78, 5) is 37.9. The number of nitrogens with zero attached hydrogens (tertiary/aromatic N) is 1. The molecule has 0 fully saturated rings. The molecule has 2 N–H and O–H groups in total. The molecule has 83 heavy (non-hydrogen) atoms. The Morgan fingerprint density at radius 2 is 0.771 bits per heavy atom. The zero-order valence-corrected chi connectivity index (χ0v) is 56.3. The van der Waals surface area contributed by atoms with E-state index in [0.717, 1.165) is 89.9 Å². The molecule has 0 aliphatic heterocycles. The van der Waals surface area contributed by atoms with Crippen LogP contribution in [0.25, 0.3) is 0 Å². The van der Waals surface area contributed by atoms with Crippen molar-refractivity contribution in [3.63, 3.8) is 0 Å². The lowest BCUT2D eigenvalue weighted by Crippen LogP contribution is -2.47. The Bertz CT molecular complexity index is 1650. The second kappa shape index (κ2) is 62.5. The third-order valence-corrected chi connectivity index (χ3v) is 16.6. The van der Waals surface area contributed by atoms with Crippen LogP contribution in [0.2, 0.25) is 0 Å². The van der Waals surface area contributed by atoms with Crippen LogP contribution < -0.4 is 5.32 Å². The van der Waals surface area contributed by atoms with Gasteiger partial charge in [0.05, 0.1) is 33.8 Å². The van der Waals surface area contributed by atoms with Gasteiger partial charge in [0, 0.05) is 12.8 Å². The zero-order valence-electron chi connectivity index (χ0n) is 55.4. The minimum absolute atomic E-state index is 0.0399. The molecule has 3 unspecified atom stereocenters. The molecular formula is C73H136N2O7P+. The van der Waals surface area contributed by atoms with Crippen LogP contribution in [0.1, 0.15) is 329 Å². The number of quaternary nitrogens is 1. The molecule has 0 aliphatic carbocycles. The number of rotatable bonds is 64. The van der Waals surface area contributed by atoms with Crippen molar-refractivity contribution in [3.05, 3.63) is 72.9 Å². The maximum absolute atomic E-state index is 13.6. The highest BCUT2D eigenvalue weighted by Crippen LogP contribution is 2.43. The van der Waals surface area contributed by atoms with E-state index in [0.29, 0.717) is 17.4 Å². The minimum Gasteiger partial charge on any atom is -0.456 e. The number of hydrogen-bond acceptors (Lipinski definition) is 6. The second-order valence-electron chi connectivity index (χ2n) is 25.0. The summed E-state index contributed by atoms with van der Waals surface area (Å²) in [5.41, 5.74) is 0. The summed E-state index contributed by atoms with van der Waals surface area (Å²) in [7, 11) is 1.50. The van der Waals surface area contributed by atoms with E-state index in [1.807, 2.05) is 33.3 Å². The highest BCUT2D eigenvalue weighted by molar-refractivity contribution is 7.47. The van der Waals surface area contributed by atoms with E-state index in [-0.39, 0.29) is 31.5 Å². The van der Waals surface area contributed by atoms with Crippen LogP contribution in [0.15, 0.2) is 72.9 Å². The molecule has 0 radical (unpaired) electrons. The number of likely N-dealkylation sites (N-methyl/N-ethyl adjacent to an activating group) is 1. The molecule has 3 atom stereocenters. The van der Waals surface area contributed by atoms with Crippen molar-refractivity contribution in [2.24, 2.45) is 0 Å². The van der Waals surface area contributed by atoms with Gasteiger partial charge in [-0.15, -0.1) is 0 Å². The molecule has 0 aliphatic rings. The van der Waals surface area contributed by atoms with Crippen molar-refractivity contribution in [2.45, 2.75) is 341 Å². The van der Waals surface area contributed by atoms with Gasteiger partial charge in [-0.05, 0) is 76.7 Å². The number of carbonyl (C=O) groups is 2. The van der Waals surface area contributed by atoms with Crippen molar-refractivity contribution in [1.29, 1.82) is 0 Å². The van der Waals surface area contributed by atoms with E-state index in [9.17, 15) is 19.0 Å². The van der Waals surface area contributed by atoms with Gasteiger partial charge in [-0.25, -0.2) is 4.57 Å². The summed E-state index contributed by atoms with van der Waals surface area (Å²) in [5.74, 6) is -0.497. The van der Waals surface area contributed by atoms with Crippen molar-refractivity contribution in [1.82, 2.24) is 5.32 Å². The normalized spacial score (nSPS) is 14.0. The molecule has 0 saturated heterocycles. The number of ether oxygens (including phenoxy) is 1. The number of phosphoric acid groups is 1. The molecule has 0 bridgehead atoms. The summed E-state index contributed by atoms with van der Waals surface area (Å²) in [5, 5.41) is 3.07. The second-order valence-corrected chi connectivity index (χ2v) is 26.5. The van der Waals surface area contributed by atoms with Gasteiger partial charge in [-0.1, -0.05) is 312 Å². The van der Waals surface area contributed by atoms with Crippen LogP contribution in [0.5, 0.6) is 0 Å². The smallest absolute Gasteiger partial charge is 0.456 e. The van der Waals surface area contributed by atoms with Crippen LogP contribution >= 0.6 is 7.82 Å². The molecule has 0 aromatic heterocycles. The van der Waals surface area contributed by atoms with Crippen LogP contribution in [0.4, 0.5) is 0 Å². The molecule has 0 heterocycles. The number of unbranched alkanes of at least 4 members (excludes halogenated alkanes) is 38. The Morgan fingerprint density at radius 3 is 1.16 bits per heavy atom. The predicted molar refractivity (Wildman–Crippen MR) is 360 cm³/mol. The first kappa shape index (κ1) is 80.5. The van der Waals surface area contributed by atoms with E-state index >= 15 is 0 Å². The molecule has 10 heteroatoms. The summed E-state index contributed by atoms with van der Waals surface area (Å²) in [6.45, 7) is 6.93. The van der Waals surface area contributed by atoms with Crippen molar-refractivity contribution < 1.29 is 37.3 Å². The number of amides is 1. The van der Waals surface area contributed by atoms with Gasteiger partial charge in [0.25, 0.3) is 0 Å². The zero-order chi connectivity index (χ0) is 60.7. The van der Waals surface area contributed by atoms with Crippen LogP contribution in [-0.4, -0.2) is 74.3 Å². The predicted octanol–water partition coefficient (Wildman–Crippen LogP) is 22.3. The monoisotopic (exact) mass is 1180 g/mol. The van der Waals surface area contributed by atoms with Crippen LogP contribution in [0.3, 0.4) is 0 Å². The summed E-state index contributed by atoms with van der Waals surface area (Å²) < 4.78 is 30.8. The fraction of sp³-hybridized carbons (Fsp3) is 0.808. The molecule has 9 nitrogen and oxygen atoms in total. The first-order chi connectivity index (χ1) is 40.4. The molecule has 0 spiro atoms. The maximum Gasteiger partial charge on any atom is 0.472 e. The Balaban J connectivity index is 5.00. The lowest BCUT2D eigenvalue weighted by molar-refractivity contribution is -0.870. The quantitative estimate of drug-likeness (QED) is 0.0205. The summed E-state index contributed by atoms with van der Waals surface area (Å²) in [6, 6.07) is -0.850. The summed E-state index contributed by atoms with van der Waals surface area (Å²) >= 11 is 0. The van der Waals surface area contributed by atoms with Crippen molar-refractivity contribution >= 4 is 19.7 Å². The van der Waals surface area contributed by atoms with Gasteiger partial charge in [-0.3, -0.25) is 18.6 Å². The van der Waals surface area contributed by atoms with Gasteiger partial charge in [0.15, 0.2) is 0 Å². The molecule has 0 saturated carbocycles. The third kappa shape index (κ3) is 63.8. The molecular weight excluding hydrogens is 1050 g/mol. The van der Waals surface area contributed by atoms with Crippen LogP contribution in [-0.2, 0) is 27.9 Å². The van der Waals surface area contributed by atoms with Crippen molar-refractivity contribution in [2.75, 3.05) is 40.9 Å². The minimum atomic E-state index is -4.45. The number of allylic oxidation sites excluding steroid dienone is 11. The van der Waals surface area contributed by atoms with E-state index in [1.54, 1.807) is 0 Å². The maximum atomic E-state index is 13.6. The standard InChI is InChI=1S/C73H135N2O7P/c1-7-10-13-16-19-22-25-27-29-31-33-34-35-36-37-38-39-40-42-44-46-48-51-54-57-60-63-66-73(77)82-71(64-61-58-55-52-49-24-21-18-15-12-9-3)70(69-81-83(78,79)80-68-67-75(4,5)6)74-72(76)65-62-59-56-53-50-47-45-43-41-32-30-28-26-23-20-17-14-11-8-2/h10,13,19,22,27,29,33-34,36-37,61,64,70-71H,7-9,11-12,14-18,20-21,23-26,28,30-32,35,38-60,62-63,65-69H2,1-6H3,(H-,74,76,78,79)/p+1/b13-10-,22-19-,29-27-,34-33-,37-36-,64-61+. The average Bonchev–Trinajstić information content (AvgIpc) is 3.51. The molecule has 0 aromatic rings. The molecule has 0 rings (SSSR count). The van der Waals surface area contributed by atoms with Crippen LogP contribution in [0, 0.1) is 0 Å². The van der Waals surface area contributed by atoms with E-state index in [1.165, 1.54) is 205 Å². The fourth-order valence-corrected chi connectivity index (χ4v) is 11.0. The highest BCUT2D eigenvalue weighted by atomic mass is 31.2. The van der Waals surface area contributed by atoms with Gasteiger partial charge in [-0.2, -0.15) is 0 Å². The lowest BCUT2D eigenvalue weighted by Gasteiger charge is -2.27. The Hall–Kier alpha value is -2.55. The van der Waals surface area contributed by atoms with Gasteiger partial charge in [0.1, 0.15) is 19.3 Å². The number of hydrogen-bond donors (Lipinski definition) is 2. The van der Waals surface area contributed by atoms with Crippen molar-refractivity contribution in [3.8, 4) is 0 Å². The topological polar surface area (TPSA) is 111 Å². The first-order valence-corrected chi connectivity index (χ1v) is 36.8. The average molecular weight is 1180 g/mol. The fourth-order valence-electron chi connectivity index (χ4n) is 10.3. The Kier molecular flexibility index (Phi) is 60.6. The summed E-state index contributed by atoms with van der Waals surface area (Å²) in [6.07, 6.45) is 82.0. The molecule has 0 aromatic carbocycles. The SMILES string of the molecule is CC/C=C\C/C=C\C/C=C\C/C=C\C/C=C\CCCCCCCCCCCCCC(=O)OC(/C=C/CCCCCCCCCCC)C(COP(=O)(O)OCC[N+](C)(C)C)NC(=O)CCCCCCCCCCCCCCCCCCCCC. The van der Waals surface area contributed by atoms with Gasteiger partial charge < -0.3 is 19.4 Å². The first-order valence-electron chi connectivity index (χ1n) is 35.3. The largest absolute Gasteiger partial charge is 0.472 e. The Labute approximate surface area is 514 Å². The van der Waals surface area contributed by atoms with Gasteiger partial charge in [0.2, 0.25) is 5.91 Å². The number of esters is 1. The van der Waals surface area contributed by atoms with E-state index < -0.39 is 20.0 Å². The number of nitrogens with one attached hydrogen (secondary N) is 1. The molecule has 484 valence electrons. The third-order valence-electron chi connectivity index (χ3n) is 15.7. The van der Waals surface area contributed by atoms with Gasteiger partial charge >= 0.3 is 13.8 Å². The highest BCUT2D eigenvalue weighted by Gasteiger charge is 2.30. The number of phosphoric ester groups is 1. The lowest BCUT2D eigenvalue weighted by atomic mass is 10.0.